The van der Waals surface area contributed by atoms with E-state index in [0.717, 1.165) is 37.3 Å². The Balaban J connectivity index is 1.34. The number of nitriles is 1. The summed E-state index contributed by atoms with van der Waals surface area (Å²) in [6.07, 6.45) is 3.43. The molecule has 0 aliphatic carbocycles. The summed E-state index contributed by atoms with van der Waals surface area (Å²) < 4.78 is 39.6. The standard InChI is InChI=1S/C23H21F3N10/c1-36-3-2-16(12-36)34-21-30-6-13(7-31-21)8-32-22-33-9-14(5-27)19(35-22)18-11-29-20-17(18)4-15(10-28-20)23(24,25)26/h4,6-7,9-11,16H,2-3,8,12H2,1H3,(H,28,29)(H,30,31,34)(H,32,33,35)/t16-/m0/s1. The smallest absolute Gasteiger partial charge is 0.350 e. The summed E-state index contributed by atoms with van der Waals surface area (Å²) in [5.74, 6) is 0.761. The van der Waals surface area contributed by atoms with Gasteiger partial charge in [-0.05, 0) is 26.1 Å². The molecule has 4 aromatic heterocycles. The van der Waals surface area contributed by atoms with Gasteiger partial charge in [0.05, 0.1) is 23.0 Å². The van der Waals surface area contributed by atoms with Crippen molar-refractivity contribution in [1.29, 1.82) is 5.26 Å². The summed E-state index contributed by atoms with van der Waals surface area (Å²) in [6, 6.07) is 3.30. The number of aromatic nitrogens is 6. The average Bonchev–Trinajstić information content (AvgIpc) is 3.48. The van der Waals surface area contributed by atoms with Crippen molar-refractivity contribution >= 4 is 22.9 Å². The van der Waals surface area contributed by atoms with Crippen LogP contribution in [-0.4, -0.2) is 61.0 Å². The number of anilines is 2. The maximum absolute atomic E-state index is 13.2. The lowest BCUT2D eigenvalue weighted by molar-refractivity contribution is -0.137. The summed E-state index contributed by atoms with van der Waals surface area (Å²) >= 11 is 0. The fraction of sp³-hybridized carbons (Fsp3) is 0.304. The molecule has 36 heavy (non-hydrogen) atoms. The minimum absolute atomic E-state index is 0.121. The number of halogens is 3. The van der Waals surface area contributed by atoms with Crippen molar-refractivity contribution < 1.29 is 13.2 Å². The predicted octanol–water partition coefficient (Wildman–Crippen LogP) is 3.43. The molecule has 1 saturated heterocycles. The molecule has 0 saturated carbocycles. The molecule has 10 nitrogen and oxygen atoms in total. The van der Waals surface area contributed by atoms with Gasteiger partial charge in [-0.1, -0.05) is 0 Å². The van der Waals surface area contributed by atoms with Gasteiger partial charge in [0.15, 0.2) is 0 Å². The highest BCUT2D eigenvalue weighted by molar-refractivity contribution is 5.94. The van der Waals surface area contributed by atoms with Crippen molar-refractivity contribution in [3.05, 3.63) is 53.7 Å². The first-order chi connectivity index (χ1) is 17.3. The van der Waals surface area contributed by atoms with Crippen LogP contribution in [0, 0.1) is 11.3 Å². The molecule has 1 aliphatic rings. The Hall–Kier alpha value is -4.31. The first kappa shape index (κ1) is 23.4. The van der Waals surface area contributed by atoms with Gasteiger partial charge in [0.1, 0.15) is 11.7 Å². The van der Waals surface area contributed by atoms with E-state index in [0.29, 0.717) is 24.1 Å². The summed E-state index contributed by atoms with van der Waals surface area (Å²) in [5, 5.41) is 16.1. The van der Waals surface area contributed by atoms with E-state index in [-0.39, 0.29) is 28.2 Å². The fourth-order valence-corrected chi connectivity index (χ4v) is 4.05. The van der Waals surface area contributed by atoms with Gasteiger partial charge >= 0.3 is 6.18 Å². The molecule has 0 spiro atoms. The number of hydrogen-bond donors (Lipinski definition) is 3. The Morgan fingerprint density at radius 1 is 1.14 bits per heavy atom. The zero-order valence-electron chi connectivity index (χ0n) is 19.1. The number of likely N-dealkylation sites (tertiary alicyclic amines) is 1. The lowest BCUT2D eigenvalue weighted by Gasteiger charge is -2.13. The number of alkyl halides is 3. The van der Waals surface area contributed by atoms with Gasteiger partial charge in [-0.2, -0.15) is 18.4 Å². The van der Waals surface area contributed by atoms with Crippen LogP contribution in [0.15, 0.2) is 37.1 Å². The monoisotopic (exact) mass is 494 g/mol. The van der Waals surface area contributed by atoms with E-state index in [1.807, 2.05) is 6.07 Å². The Bertz CT molecular complexity index is 1430. The van der Waals surface area contributed by atoms with Gasteiger partial charge < -0.3 is 20.5 Å². The predicted molar refractivity (Wildman–Crippen MR) is 126 cm³/mol. The average molecular weight is 494 g/mol. The second-order valence-electron chi connectivity index (χ2n) is 8.55. The maximum Gasteiger partial charge on any atom is 0.417 e. The number of pyridine rings is 1. The van der Waals surface area contributed by atoms with E-state index in [1.165, 1.54) is 12.4 Å². The molecule has 5 heterocycles. The number of likely N-dealkylation sites (N-methyl/N-ethyl adjacent to an activating group) is 1. The molecule has 4 aromatic rings. The molecule has 0 radical (unpaired) electrons. The normalized spacial score (nSPS) is 16.2. The van der Waals surface area contributed by atoms with Crippen LogP contribution < -0.4 is 10.6 Å². The molecule has 5 rings (SSSR count). The quantitative estimate of drug-likeness (QED) is 0.369. The zero-order valence-corrected chi connectivity index (χ0v) is 19.1. The minimum Gasteiger partial charge on any atom is -0.350 e. The van der Waals surface area contributed by atoms with Crippen molar-refractivity contribution in [3.8, 4) is 17.3 Å². The van der Waals surface area contributed by atoms with Crippen molar-refractivity contribution in [3.63, 3.8) is 0 Å². The number of nitrogens with one attached hydrogen (secondary N) is 3. The van der Waals surface area contributed by atoms with Crippen LogP contribution in [0.5, 0.6) is 0 Å². The SMILES string of the molecule is CN1CC[C@H](Nc2ncc(CNc3ncc(C#N)c(-c4c[nH]c5ncc(C(F)(F)F)cc45)n3)cn2)C1. The number of fused-ring (bicyclic) bond motifs is 1. The molecule has 3 N–H and O–H groups in total. The van der Waals surface area contributed by atoms with Gasteiger partial charge in [0.2, 0.25) is 11.9 Å². The number of nitrogens with zero attached hydrogens (tertiary/aromatic N) is 7. The molecular weight excluding hydrogens is 473 g/mol. The summed E-state index contributed by atoms with van der Waals surface area (Å²) in [4.78, 5) is 26.2. The van der Waals surface area contributed by atoms with Crippen LogP contribution in [-0.2, 0) is 12.7 Å². The van der Waals surface area contributed by atoms with Gasteiger partial charge in [-0.3, -0.25) is 0 Å². The first-order valence-electron chi connectivity index (χ1n) is 11.1. The van der Waals surface area contributed by atoms with E-state index in [1.54, 1.807) is 12.4 Å². The summed E-state index contributed by atoms with van der Waals surface area (Å²) in [5.41, 5.74) is 0.784. The van der Waals surface area contributed by atoms with Crippen LogP contribution in [0.1, 0.15) is 23.1 Å². The van der Waals surface area contributed by atoms with E-state index in [2.05, 4.69) is 52.5 Å². The van der Waals surface area contributed by atoms with E-state index in [9.17, 15) is 18.4 Å². The molecule has 1 aliphatic heterocycles. The van der Waals surface area contributed by atoms with Crippen molar-refractivity contribution in [2.75, 3.05) is 30.8 Å². The van der Waals surface area contributed by atoms with Gasteiger partial charge in [0.25, 0.3) is 0 Å². The Morgan fingerprint density at radius 3 is 2.61 bits per heavy atom. The maximum atomic E-state index is 13.2. The molecule has 0 unspecified atom stereocenters. The second kappa shape index (κ2) is 9.38. The third-order valence-corrected chi connectivity index (χ3v) is 5.90. The zero-order chi connectivity index (χ0) is 25.3. The number of rotatable bonds is 6. The van der Waals surface area contributed by atoms with Crippen molar-refractivity contribution in [2.45, 2.75) is 25.2 Å². The van der Waals surface area contributed by atoms with E-state index >= 15 is 0 Å². The van der Waals surface area contributed by atoms with Crippen LogP contribution in [0.2, 0.25) is 0 Å². The first-order valence-corrected chi connectivity index (χ1v) is 11.1. The molecule has 13 heteroatoms. The van der Waals surface area contributed by atoms with Gasteiger partial charge in [-0.25, -0.2) is 24.9 Å². The van der Waals surface area contributed by atoms with Crippen LogP contribution >= 0.6 is 0 Å². The number of hydrogen-bond acceptors (Lipinski definition) is 9. The highest BCUT2D eigenvalue weighted by Crippen LogP contribution is 2.34. The molecular formula is C23H21F3N10. The Kier molecular flexibility index (Phi) is 6.11. The minimum atomic E-state index is -4.55. The largest absolute Gasteiger partial charge is 0.417 e. The third kappa shape index (κ3) is 4.89. The molecule has 0 aromatic carbocycles. The summed E-state index contributed by atoms with van der Waals surface area (Å²) in [7, 11) is 2.07. The Labute approximate surface area is 203 Å². The number of aromatic amines is 1. The molecule has 1 fully saturated rings. The van der Waals surface area contributed by atoms with E-state index < -0.39 is 11.7 Å². The van der Waals surface area contributed by atoms with Crippen molar-refractivity contribution in [1.82, 2.24) is 34.8 Å². The van der Waals surface area contributed by atoms with E-state index in [4.69, 9.17) is 0 Å². The van der Waals surface area contributed by atoms with Crippen LogP contribution in [0.4, 0.5) is 25.1 Å². The highest BCUT2D eigenvalue weighted by Gasteiger charge is 2.31. The second-order valence-corrected chi connectivity index (χ2v) is 8.55. The molecule has 1 atom stereocenters. The Morgan fingerprint density at radius 2 is 1.92 bits per heavy atom. The topological polar surface area (TPSA) is 131 Å². The van der Waals surface area contributed by atoms with Crippen LogP contribution in [0.25, 0.3) is 22.3 Å². The van der Waals surface area contributed by atoms with Crippen molar-refractivity contribution in [2.24, 2.45) is 0 Å². The number of H-pyrrole nitrogens is 1. The molecule has 184 valence electrons. The lowest BCUT2D eigenvalue weighted by atomic mass is 10.1. The van der Waals surface area contributed by atoms with Gasteiger partial charge in [0, 0.05) is 60.4 Å². The molecule has 0 bridgehead atoms. The van der Waals surface area contributed by atoms with Gasteiger partial charge in [-0.15, -0.1) is 0 Å². The fourth-order valence-electron chi connectivity index (χ4n) is 4.05. The van der Waals surface area contributed by atoms with Crippen LogP contribution in [0.3, 0.4) is 0 Å². The third-order valence-electron chi connectivity index (χ3n) is 5.90. The summed E-state index contributed by atoms with van der Waals surface area (Å²) in [6.45, 7) is 2.28. The highest BCUT2D eigenvalue weighted by atomic mass is 19.4. The molecule has 0 amide bonds. The lowest BCUT2D eigenvalue weighted by Crippen LogP contribution is -2.24.